The first kappa shape index (κ1) is 24.2. The molecule has 0 unspecified atom stereocenters. The van der Waals surface area contributed by atoms with Crippen molar-refractivity contribution in [3.8, 4) is 11.5 Å². The van der Waals surface area contributed by atoms with Crippen LogP contribution in [0, 0.1) is 0 Å². The number of hydrogen-bond acceptors (Lipinski definition) is 6. The molecule has 182 valence electrons. The highest BCUT2D eigenvalue weighted by Gasteiger charge is 2.24. The fourth-order valence-electron chi connectivity index (χ4n) is 4.40. The topological polar surface area (TPSA) is 52.0 Å². The van der Waals surface area contributed by atoms with Crippen molar-refractivity contribution in [2.45, 2.75) is 59.2 Å². The molecule has 33 heavy (non-hydrogen) atoms. The predicted molar refractivity (Wildman–Crippen MR) is 132 cm³/mol. The molecule has 0 amide bonds. The molecule has 8 heteroatoms. The summed E-state index contributed by atoms with van der Waals surface area (Å²) in [6.45, 7) is 12.4. The number of ether oxygens (including phenoxy) is 3. The highest BCUT2D eigenvalue weighted by Crippen LogP contribution is 2.32. The van der Waals surface area contributed by atoms with E-state index in [1.54, 1.807) is 0 Å². The second-order valence-electron chi connectivity index (χ2n) is 8.80. The summed E-state index contributed by atoms with van der Waals surface area (Å²) < 4.78 is 19.4. The molecule has 0 bridgehead atoms. The molecule has 1 aromatic carbocycles. The number of nitrogens with zero attached hydrogens (tertiary/aromatic N) is 4. The maximum Gasteiger partial charge on any atom is 0.207 e. The van der Waals surface area contributed by atoms with Gasteiger partial charge in [0.15, 0.2) is 16.7 Å². The van der Waals surface area contributed by atoms with E-state index in [1.165, 1.54) is 5.56 Å². The molecular weight excluding hydrogens is 440 g/mol. The van der Waals surface area contributed by atoms with E-state index in [4.69, 9.17) is 30.8 Å². The van der Waals surface area contributed by atoms with Gasteiger partial charge in [-0.25, -0.2) is 4.98 Å². The Morgan fingerprint density at radius 2 is 1.73 bits per heavy atom. The Morgan fingerprint density at radius 1 is 0.970 bits per heavy atom. The van der Waals surface area contributed by atoms with E-state index in [9.17, 15) is 0 Å². The Labute approximate surface area is 202 Å². The summed E-state index contributed by atoms with van der Waals surface area (Å²) in [6.07, 6.45) is 4.53. The first-order chi connectivity index (χ1) is 16.2. The molecule has 0 atom stereocenters. The minimum absolute atomic E-state index is 0.604. The fraction of sp³-hybridized carbons (Fsp3) is 0.640. The number of unbranched alkanes of at least 4 members (excludes halogenated alkanes) is 2. The van der Waals surface area contributed by atoms with E-state index >= 15 is 0 Å². The van der Waals surface area contributed by atoms with Crippen LogP contribution in [0.25, 0.3) is 0 Å². The van der Waals surface area contributed by atoms with Crippen LogP contribution in [0.3, 0.4) is 0 Å². The number of fused-ring (bicyclic) bond motifs is 1. The minimum Gasteiger partial charge on any atom is -0.486 e. The van der Waals surface area contributed by atoms with Gasteiger partial charge in [-0.15, -0.1) is 0 Å². The van der Waals surface area contributed by atoms with Crippen LogP contribution in [0.2, 0.25) is 5.15 Å². The third-order valence-electron chi connectivity index (χ3n) is 6.25. The molecule has 1 fully saturated rings. The van der Waals surface area contributed by atoms with E-state index < -0.39 is 0 Å². The number of anilines is 1. The summed E-state index contributed by atoms with van der Waals surface area (Å²) in [4.78, 5) is 9.61. The van der Waals surface area contributed by atoms with Crippen molar-refractivity contribution < 1.29 is 14.2 Å². The van der Waals surface area contributed by atoms with Gasteiger partial charge < -0.3 is 23.7 Å². The Hall–Kier alpha value is -1.96. The van der Waals surface area contributed by atoms with E-state index in [0.717, 1.165) is 101 Å². The molecule has 0 radical (unpaired) electrons. The molecule has 4 rings (SSSR count). The van der Waals surface area contributed by atoms with Crippen LogP contribution in [0.15, 0.2) is 18.2 Å². The molecule has 1 saturated heterocycles. The number of hydrogen-bond donors (Lipinski definition) is 0. The molecule has 0 N–H and O–H groups in total. The Bertz CT molecular complexity index is 898. The Balaban J connectivity index is 1.56. The summed E-state index contributed by atoms with van der Waals surface area (Å²) in [6, 6.07) is 6.28. The first-order valence-corrected chi connectivity index (χ1v) is 12.8. The molecule has 2 aliphatic heterocycles. The monoisotopic (exact) mass is 476 g/mol. The molecule has 2 aliphatic rings. The zero-order chi connectivity index (χ0) is 23.0. The van der Waals surface area contributed by atoms with Crippen LogP contribution in [0.5, 0.6) is 11.5 Å². The third kappa shape index (κ3) is 6.14. The standard InChI is InChI=1S/C25H37ClN4O3/c1-3-5-9-28(18-20-7-8-22-23(17-20)33-16-15-32-22)19-21-24(26)27-25(30(21)10-6-4-2)29-11-13-31-14-12-29/h7-8,17H,3-6,9-16,18-19H2,1-2H3. The van der Waals surface area contributed by atoms with Crippen LogP contribution in [0.4, 0.5) is 5.95 Å². The summed E-state index contributed by atoms with van der Waals surface area (Å²) in [5.41, 5.74) is 2.33. The number of benzene rings is 1. The quantitative estimate of drug-likeness (QED) is 0.466. The number of aromatic nitrogens is 2. The molecule has 0 spiro atoms. The molecule has 1 aromatic heterocycles. The number of morpholine rings is 1. The van der Waals surface area contributed by atoms with Gasteiger partial charge in [0.1, 0.15) is 13.2 Å². The Kier molecular flexibility index (Phi) is 8.75. The summed E-state index contributed by atoms with van der Waals surface area (Å²) in [7, 11) is 0. The van der Waals surface area contributed by atoms with Gasteiger partial charge in [-0.1, -0.05) is 44.4 Å². The number of halogens is 1. The van der Waals surface area contributed by atoms with Gasteiger partial charge in [0.25, 0.3) is 0 Å². The van der Waals surface area contributed by atoms with Crippen molar-refractivity contribution >= 4 is 17.5 Å². The molecule has 3 heterocycles. The van der Waals surface area contributed by atoms with Gasteiger partial charge >= 0.3 is 0 Å². The lowest BCUT2D eigenvalue weighted by molar-refractivity contribution is 0.121. The lowest BCUT2D eigenvalue weighted by atomic mass is 10.1. The fourth-order valence-corrected chi connectivity index (χ4v) is 4.64. The summed E-state index contributed by atoms with van der Waals surface area (Å²) in [5.74, 6) is 2.66. The van der Waals surface area contributed by atoms with Gasteiger partial charge in [0.2, 0.25) is 5.95 Å². The summed E-state index contributed by atoms with van der Waals surface area (Å²) >= 11 is 6.77. The lowest BCUT2D eigenvalue weighted by Gasteiger charge is -2.29. The van der Waals surface area contributed by atoms with Crippen LogP contribution in [-0.4, -0.2) is 60.5 Å². The van der Waals surface area contributed by atoms with Gasteiger partial charge in [0, 0.05) is 32.7 Å². The number of rotatable bonds is 11. The minimum atomic E-state index is 0.604. The van der Waals surface area contributed by atoms with Gasteiger partial charge in [-0.3, -0.25) is 4.90 Å². The van der Waals surface area contributed by atoms with Crippen molar-refractivity contribution in [1.82, 2.24) is 14.5 Å². The van der Waals surface area contributed by atoms with Crippen LogP contribution in [-0.2, 0) is 24.4 Å². The van der Waals surface area contributed by atoms with Crippen molar-refractivity contribution in [3.05, 3.63) is 34.6 Å². The Morgan fingerprint density at radius 3 is 2.48 bits per heavy atom. The normalized spacial score (nSPS) is 15.9. The van der Waals surface area contributed by atoms with E-state index in [1.807, 2.05) is 6.07 Å². The number of imidazole rings is 1. The highest BCUT2D eigenvalue weighted by molar-refractivity contribution is 6.30. The second kappa shape index (κ2) is 12.0. The molecular formula is C25H37ClN4O3. The third-order valence-corrected chi connectivity index (χ3v) is 6.55. The SMILES string of the molecule is CCCCN(Cc1ccc2c(c1)OCCO2)Cc1c(Cl)nc(N2CCOCC2)n1CCCC. The van der Waals surface area contributed by atoms with E-state index in [-0.39, 0.29) is 0 Å². The van der Waals surface area contributed by atoms with Crippen molar-refractivity contribution in [3.63, 3.8) is 0 Å². The van der Waals surface area contributed by atoms with Crippen molar-refractivity contribution in [2.75, 3.05) is 51.0 Å². The predicted octanol–water partition coefficient (Wildman–Crippen LogP) is 4.75. The van der Waals surface area contributed by atoms with E-state index in [2.05, 4.69) is 40.3 Å². The van der Waals surface area contributed by atoms with Crippen LogP contribution < -0.4 is 14.4 Å². The zero-order valence-electron chi connectivity index (χ0n) is 20.0. The molecule has 0 saturated carbocycles. The van der Waals surface area contributed by atoms with Crippen molar-refractivity contribution in [1.29, 1.82) is 0 Å². The van der Waals surface area contributed by atoms with Crippen molar-refractivity contribution in [2.24, 2.45) is 0 Å². The average Bonchev–Trinajstić information content (AvgIpc) is 3.16. The maximum atomic E-state index is 6.77. The van der Waals surface area contributed by atoms with Crippen LogP contribution >= 0.6 is 11.6 Å². The molecule has 0 aliphatic carbocycles. The average molecular weight is 477 g/mol. The lowest BCUT2D eigenvalue weighted by Crippen LogP contribution is -2.38. The van der Waals surface area contributed by atoms with Crippen LogP contribution in [0.1, 0.15) is 50.8 Å². The largest absolute Gasteiger partial charge is 0.486 e. The van der Waals surface area contributed by atoms with Gasteiger partial charge in [0.05, 0.1) is 18.9 Å². The summed E-state index contributed by atoms with van der Waals surface area (Å²) in [5, 5.41) is 0.622. The van der Waals surface area contributed by atoms with Gasteiger partial charge in [-0.2, -0.15) is 0 Å². The molecule has 2 aromatic rings. The second-order valence-corrected chi connectivity index (χ2v) is 9.15. The smallest absolute Gasteiger partial charge is 0.207 e. The maximum absolute atomic E-state index is 6.77. The zero-order valence-corrected chi connectivity index (χ0v) is 20.8. The first-order valence-electron chi connectivity index (χ1n) is 12.4. The highest BCUT2D eigenvalue weighted by atomic mass is 35.5. The molecule has 7 nitrogen and oxygen atoms in total. The van der Waals surface area contributed by atoms with E-state index in [0.29, 0.717) is 18.4 Å². The van der Waals surface area contributed by atoms with Gasteiger partial charge in [-0.05, 0) is 37.1 Å².